The fourth-order valence-electron chi connectivity index (χ4n) is 15.0. The van der Waals surface area contributed by atoms with Crippen molar-refractivity contribution in [2.75, 3.05) is 38.0 Å². The molecule has 1 aliphatic carbocycles. The standard InChI is InChI=1S/C89H102FN15O21/c1-5-89(121)61-41-69-76-59(45-105(69)82(114)60(61)50-122-83(89)115)74-63(35-34-58-52(4)62(90)42-66(98-76)73(58)74)100-86(118)126-49-56-30-32-57(33-31-56)96-79(111)65(28-20-39-93-84(91)116)99-81(113)75(51(2)3)103-80(112)64(97-70(106)29-16-9-19-40-104-71(107)36-37-72(104)108)27-17-18-38-92-77(109)67(101-87(119)124-47-54-23-12-7-13-24-54)43-94-78(110)68(102-88(120)125-48-55-25-14-8-15-26-55)44-95-85(117)123-46-53-21-10-6-11-22-53/h6-8,10-15,21-26,30-33,36-37,41-42,51,63-65,67-68,75,121H,5,9,16-20,27-29,34-35,38-40,43-50H2,1-4H3,(H,92,109)(H,94,110)(H,95,117)(H,96,111)(H,97,106)(H,99,113)(H,100,118)(H,101,119)(H,102,120)(H,103,112)(H3,91,93,116)/t63-,64-,65-,67?,68?,75-,89-/m0/s1. The van der Waals surface area contributed by atoms with Gasteiger partial charge in [-0.2, -0.15) is 0 Å². The Labute approximate surface area is 723 Å². The van der Waals surface area contributed by atoms with E-state index in [0.29, 0.717) is 87.0 Å². The van der Waals surface area contributed by atoms with Gasteiger partial charge in [0, 0.05) is 73.0 Å². The molecule has 36 nitrogen and oxygen atoms in total. The first-order valence-electron chi connectivity index (χ1n) is 41.6. The second-order valence-electron chi connectivity index (χ2n) is 31.1. The number of rotatable bonds is 41. The van der Waals surface area contributed by atoms with Gasteiger partial charge in [0.15, 0.2) is 5.60 Å². The predicted octanol–water partition coefficient (Wildman–Crippen LogP) is 6.34. The van der Waals surface area contributed by atoms with Crippen LogP contribution >= 0.6 is 0 Å². The van der Waals surface area contributed by atoms with Gasteiger partial charge in [0.2, 0.25) is 35.4 Å². The molecule has 2 unspecified atom stereocenters. The summed E-state index contributed by atoms with van der Waals surface area (Å²) in [6.45, 7) is 4.29. The maximum atomic E-state index is 15.6. The number of alkyl carbamates (subject to hydrolysis) is 4. The zero-order chi connectivity index (χ0) is 90.1. The van der Waals surface area contributed by atoms with Crippen molar-refractivity contribution in [3.05, 3.63) is 211 Å². The van der Waals surface area contributed by atoms with E-state index in [2.05, 4.69) is 58.5 Å². The number of amides is 14. The molecule has 0 bridgehead atoms. The number of aliphatic hydroxyl groups is 1. The third kappa shape index (κ3) is 24.4. The minimum atomic E-state index is -2.10. The van der Waals surface area contributed by atoms with Crippen molar-refractivity contribution in [2.24, 2.45) is 11.7 Å². The van der Waals surface area contributed by atoms with Gasteiger partial charge in [-0.1, -0.05) is 130 Å². The van der Waals surface area contributed by atoms with Crippen molar-refractivity contribution in [1.29, 1.82) is 0 Å². The van der Waals surface area contributed by atoms with Crippen molar-refractivity contribution < 1.29 is 100 Å². The summed E-state index contributed by atoms with van der Waals surface area (Å²) >= 11 is 0. The largest absolute Gasteiger partial charge is 0.458 e. The SMILES string of the molecule is CC[C@@]1(O)C(=O)OCc2c1cc1n(c2=O)Cc2c-1nc1cc(F)c(C)c3c1c2[C@@H](NC(=O)OCc1ccc(NC(=O)[C@H](CCCNC(N)=O)NC(=O)[C@@H](NC(=O)[C@H](CCCCNC(=O)C(CNC(=O)C(CNC(=O)OCc2ccccc2)NC(=O)OCc2ccccc2)NC(=O)OCc2ccccc2)NC(=O)CCCCCN2C(=O)C=CC2=O)C(C)C)cc1)CC3. The van der Waals surface area contributed by atoms with Gasteiger partial charge < -0.3 is 97.6 Å². The van der Waals surface area contributed by atoms with E-state index in [4.69, 9.17) is 34.4 Å². The number of urea groups is 1. The average Bonchev–Trinajstić information content (AvgIpc) is 1.53. The Morgan fingerprint density at radius 2 is 1.15 bits per heavy atom. The summed E-state index contributed by atoms with van der Waals surface area (Å²) in [6.07, 6.45) is 0.248. The minimum Gasteiger partial charge on any atom is -0.458 e. The minimum absolute atomic E-state index is 0.00154. The summed E-state index contributed by atoms with van der Waals surface area (Å²) < 4.78 is 44.2. The molecule has 2 aromatic heterocycles. The molecule has 126 heavy (non-hydrogen) atoms. The number of carbonyl (C=O) groups is 14. The van der Waals surface area contributed by atoms with Gasteiger partial charge >= 0.3 is 36.4 Å². The molecule has 7 aromatic rings. The summed E-state index contributed by atoms with van der Waals surface area (Å²) in [7, 11) is 0. The number of nitrogens with two attached hydrogens (primary N) is 1. The first-order chi connectivity index (χ1) is 60.5. The molecule has 14 N–H and O–H groups in total. The van der Waals surface area contributed by atoms with Crippen molar-refractivity contribution in [3.63, 3.8) is 0 Å². The van der Waals surface area contributed by atoms with Gasteiger partial charge in [-0.3, -0.25) is 48.1 Å². The Kier molecular flexibility index (Phi) is 32.2. The van der Waals surface area contributed by atoms with Crippen LogP contribution in [-0.2, 0) is 118 Å². The number of ether oxygens (including phenoxy) is 5. The fraction of sp³-hybridized carbons (Fsp3) is 0.393. The summed E-state index contributed by atoms with van der Waals surface area (Å²) in [5.41, 5.74) is 8.80. The highest BCUT2D eigenvalue weighted by molar-refractivity contribution is 6.13. The molecule has 0 saturated carbocycles. The van der Waals surface area contributed by atoms with Crippen LogP contribution in [0, 0.1) is 18.7 Å². The number of pyridine rings is 2. The molecular formula is C89H102FN15O21. The number of halogens is 1. The zero-order valence-corrected chi connectivity index (χ0v) is 70.0. The Morgan fingerprint density at radius 3 is 1.75 bits per heavy atom. The van der Waals surface area contributed by atoms with E-state index >= 15 is 4.39 Å². The van der Waals surface area contributed by atoms with E-state index in [1.165, 1.54) is 34.9 Å². The van der Waals surface area contributed by atoms with Crippen LogP contribution in [0.3, 0.4) is 0 Å². The van der Waals surface area contributed by atoms with Gasteiger partial charge in [0.1, 0.15) is 69.1 Å². The molecule has 666 valence electrons. The second kappa shape index (κ2) is 43.8. The van der Waals surface area contributed by atoms with Crippen LogP contribution in [0.25, 0.3) is 22.3 Å². The number of fused-ring (bicyclic) bond motifs is 5. The summed E-state index contributed by atoms with van der Waals surface area (Å²) in [4.78, 5) is 208. The lowest BCUT2D eigenvalue weighted by molar-refractivity contribution is -0.172. The number of carbonyl (C=O) groups excluding carboxylic acids is 14. The number of aromatic nitrogens is 2. The van der Waals surface area contributed by atoms with E-state index in [1.807, 2.05) is 0 Å². The molecular weight excluding hydrogens is 1630 g/mol. The molecule has 3 aliphatic heterocycles. The maximum absolute atomic E-state index is 15.6. The lowest BCUT2D eigenvalue weighted by Crippen LogP contribution is -2.58. The number of primary amides is 1. The first kappa shape index (κ1) is 92.6. The van der Waals surface area contributed by atoms with E-state index in [9.17, 15) is 77.0 Å². The van der Waals surface area contributed by atoms with E-state index in [1.54, 1.807) is 137 Å². The topological polar surface area (TPSA) is 502 Å². The van der Waals surface area contributed by atoms with E-state index in [0.717, 1.165) is 4.90 Å². The molecule has 4 aliphatic rings. The molecule has 37 heteroatoms. The zero-order valence-electron chi connectivity index (χ0n) is 70.0. The smallest absolute Gasteiger partial charge is 0.408 e. The molecule has 7 atom stereocenters. The highest BCUT2D eigenvalue weighted by Gasteiger charge is 2.46. The van der Waals surface area contributed by atoms with Crippen molar-refractivity contribution in [3.8, 4) is 11.4 Å². The quantitative estimate of drug-likeness (QED) is 0.00859. The number of cyclic esters (lactones) is 1. The van der Waals surface area contributed by atoms with E-state index in [-0.39, 0.29) is 133 Å². The van der Waals surface area contributed by atoms with Crippen LogP contribution in [0.2, 0.25) is 0 Å². The Balaban J connectivity index is 0.724. The molecule has 5 heterocycles. The van der Waals surface area contributed by atoms with Crippen molar-refractivity contribution >= 4 is 100 Å². The number of aryl methyl sites for hydroxylation is 1. The van der Waals surface area contributed by atoms with Crippen molar-refractivity contribution in [2.45, 2.75) is 186 Å². The number of nitrogens with one attached hydrogen (secondary N) is 11. The number of benzene rings is 5. The number of hydrogen-bond acceptors (Lipinski definition) is 22. The lowest BCUT2D eigenvalue weighted by Gasteiger charge is -2.31. The Hall–Kier alpha value is -14.1. The Bertz CT molecular complexity index is 5290. The van der Waals surface area contributed by atoms with Gasteiger partial charge in [-0.25, -0.2) is 38.1 Å². The fourth-order valence-corrected chi connectivity index (χ4v) is 15.0. The predicted molar refractivity (Wildman–Crippen MR) is 452 cm³/mol. The normalized spacial score (nSPS) is 15.7. The van der Waals surface area contributed by atoms with Crippen LogP contribution in [-0.4, -0.2) is 166 Å². The molecule has 14 amide bonds. The number of unbranched alkanes of at least 4 members (excludes halogenated alkanes) is 3. The molecule has 0 saturated heterocycles. The van der Waals surface area contributed by atoms with Crippen LogP contribution in [0.1, 0.15) is 153 Å². The first-order valence-corrected chi connectivity index (χ1v) is 41.6. The number of anilines is 1. The molecule has 0 radical (unpaired) electrons. The summed E-state index contributed by atoms with van der Waals surface area (Å²) in [5.74, 6) is -7.61. The van der Waals surface area contributed by atoms with Crippen molar-refractivity contribution in [1.82, 2.24) is 67.6 Å². The number of esters is 1. The molecule has 0 spiro atoms. The van der Waals surface area contributed by atoms with Crippen LogP contribution < -0.4 is 69.8 Å². The summed E-state index contributed by atoms with van der Waals surface area (Å²) in [5, 5.41) is 41.2. The van der Waals surface area contributed by atoms with Gasteiger partial charge in [-0.15, -0.1) is 0 Å². The monoisotopic (exact) mass is 1740 g/mol. The van der Waals surface area contributed by atoms with Crippen LogP contribution in [0.5, 0.6) is 0 Å². The summed E-state index contributed by atoms with van der Waals surface area (Å²) in [6, 6.07) is 26.5. The van der Waals surface area contributed by atoms with Gasteiger partial charge in [0.05, 0.1) is 41.6 Å². The molecule has 5 aromatic carbocycles. The van der Waals surface area contributed by atoms with Crippen LogP contribution in [0.4, 0.5) is 34.1 Å². The number of hydrogen-bond donors (Lipinski definition) is 13. The second-order valence-corrected chi connectivity index (χ2v) is 31.1. The third-order valence-corrected chi connectivity index (χ3v) is 22.0. The highest BCUT2D eigenvalue weighted by atomic mass is 19.1. The van der Waals surface area contributed by atoms with Gasteiger partial charge in [0.25, 0.3) is 17.4 Å². The maximum Gasteiger partial charge on any atom is 0.408 e. The number of imide groups is 1. The molecule has 11 rings (SSSR count). The third-order valence-electron chi connectivity index (χ3n) is 22.0. The Morgan fingerprint density at radius 1 is 0.587 bits per heavy atom. The molecule has 0 fully saturated rings. The van der Waals surface area contributed by atoms with Gasteiger partial charge in [-0.05, 0) is 134 Å². The van der Waals surface area contributed by atoms with Crippen LogP contribution in [0.15, 0.2) is 144 Å². The van der Waals surface area contributed by atoms with E-state index < -0.39 is 156 Å². The lowest BCUT2D eigenvalue weighted by atomic mass is 9.81. The number of nitrogens with zero attached hydrogens (tertiary/aromatic N) is 3. The average molecular weight is 1740 g/mol. The highest BCUT2D eigenvalue weighted by Crippen LogP contribution is 2.46.